The molecule has 4 N–H and O–H groups in total. The zero-order valence-corrected chi connectivity index (χ0v) is 10.5. The average molecular weight is 268 g/mol. The van der Waals surface area contributed by atoms with Crippen LogP contribution in [0.1, 0.15) is 23.2 Å². The van der Waals surface area contributed by atoms with Gasteiger partial charge in [0.1, 0.15) is 11.6 Å². The van der Waals surface area contributed by atoms with Crippen molar-refractivity contribution in [1.82, 2.24) is 5.32 Å². The summed E-state index contributed by atoms with van der Waals surface area (Å²) in [5.74, 6) is -1.35. The molecule has 5 nitrogen and oxygen atoms in total. The van der Waals surface area contributed by atoms with E-state index in [1.165, 1.54) is 0 Å². The molecule has 0 saturated carbocycles. The summed E-state index contributed by atoms with van der Waals surface area (Å²) in [6, 6.07) is 3.26. The van der Waals surface area contributed by atoms with Crippen LogP contribution in [0, 0.1) is 5.82 Å². The summed E-state index contributed by atoms with van der Waals surface area (Å²) in [4.78, 5) is 12.1. The average Bonchev–Trinajstić information content (AvgIpc) is 2.42. The predicted molar refractivity (Wildman–Crippen MR) is 67.4 cm³/mol. The first kappa shape index (κ1) is 13.8. The Balaban J connectivity index is 2.17. The molecule has 1 fully saturated rings. The molecule has 0 aliphatic carbocycles. The highest BCUT2D eigenvalue weighted by Crippen LogP contribution is 2.23. The van der Waals surface area contributed by atoms with Gasteiger partial charge in [0, 0.05) is 19.8 Å². The molecule has 2 rings (SSSR count). The Labute approximate surface area is 110 Å². The van der Waals surface area contributed by atoms with Crippen molar-refractivity contribution in [3.05, 3.63) is 29.6 Å². The number of phenols is 1. The van der Waals surface area contributed by atoms with Gasteiger partial charge in [0.2, 0.25) is 0 Å². The number of carbonyl (C=O) groups is 1. The Morgan fingerprint density at radius 3 is 2.79 bits per heavy atom. The van der Waals surface area contributed by atoms with Gasteiger partial charge in [0.15, 0.2) is 0 Å². The maximum atomic E-state index is 13.1. The van der Waals surface area contributed by atoms with E-state index in [2.05, 4.69) is 5.32 Å². The van der Waals surface area contributed by atoms with E-state index in [0.717, 1.165) is 18.2 Å². The summed E-state index contributed by atoms with van der Waals surface area (Å²) < 4.78 is 18.4. The van der Waals surface area contributed by atoms with Gasteiger partial charge in [0.05, 0.1) is 11.1 Å². The summed E-state index contributed by atoms with van der Waals surface area (Å²) in [5, 5.41) is 12.4. The van der Waals surface area contributed by atoms with Gasteiger partial charge in [-0.1, -0.05) is 0 Å². The van der Waals surface area contributed by atoms with Crippen LogP contribution < -0.4 is 11.1 Å². The van der Waals surface area contributed by atoms with Crippen LogP contribution in [0.4, 0.5) is 4.39 Å². The SMILES string of the molecule is NCC1(NC(=O)c2cc(F)ccc2O)CCOCC1. The zero-order valence-electron chi connectivity index (χ0n) is 10.5. The van der Waals surface area contributed by atoms with Crippen LogP contribution in [0.5, 0.6) is 5.75 Å². The molecule has 0 spiro atoms. The summed E-state index contributed by atoms with van der Waals surface area (Å²) in [5.41, 5.74) is 5.09. The highest BCUT2D eigenvalue weighted by atomic mass is 19.1. The van der Waals surface area contributed by atoms with Crippen LogP contribution in [0.25, 0.3) is 0 Å². The highest BCUT2D eigenvalue weighted by Gasteiger charge is 2.33. The molecule has 0 bridgehead atoms. The fourth-order valence-corrected chi connectivity index (χ4v) is 2.14. The number of nitrogens with two attached hydrogens (primary N) is 1. The molecule has 0 atom stereocenters. The lowest BCUT2D eigenvalue weighted by molar-refractivity contribution is 0.0388. The van der Waals surface area contributed by atoms with Gasteiger partial charge in [-0.3, -0.25) is 4.79 Å². The lowest BCUT2D eigenvalue weighted by Gasteiger charge is -2.37. The van der Waals surface area contributed by atoms with Gasteiger partial charge >= 0.3 is 0 Å². The summed E-state index contributed by atoms with van der Waals surface area (Å²) in [6.07, 6.45) is 1.20. The lowest BCUT2D eigenvalue weighted by atomic mass is 9.89. The van der Waals surface area contributed by atoms with Crippen LogP contribution in [-0.2, 0) is 4.74 Å². The van der Waals surface area contributed by atoms with Gasteiger partial charge in [-0.25, -0.2) is 4.39 Å². The van der Waals surface area contributed by atoms with Crippen molar-refractivity contribution >= 4 is 5.91 Å². The third-order valence-electron chi connectivity index (χ3n) is 3.42. The van der Waals surface area contributed by atoms with E-state index in [4.69, 9.17) is 10.5 Å². The molecule has 1 aromatic rings. The number of nitrogens with one attached hydrogen (secondary N) is 1. The van der Waals surface area contributed by atoms with Crippen LogP contribution in [-0.4, -0.2) is 36.3 Å². The summed E-state index contributed by atoms with van der Waals surface area (Å²) in [6.45, 7) is 1.32. The van der Waals surface area contributed by atoms with Crippen LogP contribution >= 0.6 is 0 Å². The topological polar surface area (TPSA) is 84.6 Å². The Hall–Kier alpha value is -1.66. The summed E-state index contributed by atoms with van der Waals surface area (Å²) >= 11 is 0. The number of amides is 1. The maximum absolute atomic E-state index is 13.1. The second-order valence-corrected chi connectivity index (χ2v) is 4.71. The van der Waals surface area contributed by atoms with Gasteiger partial charge in [-0.15, -0.1) is 0 Å². The fourth-order valence-electron chi connectivity index (χ4n) is 2.14. The first-order chi connectivity index (χ1) is 9.06. The van der Waals surface area contributed by atoms with Crippen molar-refractivity contribution in [3.8, 4) is 5.75 Å². The number of hydrogen-bond acceptors (Lipinski definition) is 4. The first-order valence-corrected chi connectivity index (χ1v) is 6.15. The largest absolute Gasteiger partial charge is 0.507 e. The Kier molecular flexibility index (Phi) is 4.01. The van der Waals surface area contributed by atoms with Crippen molar-refractivity contribution in [2.24, 2.45) is 5.73 Å². The third-order valence-corrected chi connectivity index (χ3v) is 3.42. The molecule has 1 aliphatic rings. The highest BCUT2D eigenvalue weighted by molar-refractivity contribution is 5.97. The minimum atomic E-state index is -0.572. The van der Waals surface area contributed by atoms with Crippen LogP contribution in [0.2, 0.25) is 0 Å². The quantitative estimate of drug-likeness (QED) is 0.756. The monoisotopic (exact) mass is 268 g/mol. The van der Waals surface area contributed by atoms with E-state index in [0.29, 0.717) is 26.1 Å². The number of ether oxygens (including phenoxy) is 1. The number of aromatic hydroxyl groups is 1. The van der Waals surface area contributed by atoms with Crippen molar-refractivity contribution in [2.45, 2.75) is 18.4 Å². The minimum Gasteiger partial charge on any atom is -0.507 e. The predicted octanol–water partition coefficient (Wildman–Crippen LogP) is 0.769. The second-order valence-electron chi connectivity index (χ2n) is 4.71. The van der Waals surface area contributed by atoms with E-state index < -0.39 is 17.3 Å². The number of halogens is 1. The fraction of sp³-hybridized carbons (Fsp3) is 0.462. The van der Waals surface area contributed by atoms with Gasteiger partial charge in [0.25, 0.3) is 5.91 Å². The van der Waals surface area contributed by atoms with Crippen LogP contribution in [0.15, 0.2) is 18.2 Å². The van der Waals surface area contributed by atoms with Crippen molar-refractivity contribution in [1.29, 1.82) is 0 Å². The van der Waals surface area contributed by atoms with Crippen molar-refractivity contribution < 1.29 is 19.0 Å². The standard InChI is InChI=1S/C13H17FN2O3/c14-9-1-2-11(17)10(7-9)12(18)16-13(8-15)3-5-19-6-4-13/h1-2,7,17H,3-6,8,15H2,(H,16,18). The van der Waals surface area contributed by atoms with Crippen LogP contribution in [0.3, 0.4) is 0 Å². The molecule has 0 radical (unpaired) electrons. The number of rotatable bonds is 3. The molecular formula is C13H17FN2O3. The molecule has 1 heterocycles. The Morgan fingerprint density at radius 1 is 1.47 bits per heavy atom. The molecule has 19 heavy (non-hydrogen) atoms. The molecule has 6 heteroatoms. The normalized spacial score (nSPS) is 18.0. The van der Waals surface area contributed by atoms with Gasteiger partial charge < -0.3 is 20.9 Å². The van der Waals surface area contributed by atoms with E-state index in [-0.39, 0.29) is 17.9 Å². The van der Waals surface area contributed by atoms with E-state index in [1.807, 2.05) is 0 Å². The van der Waals surface area contributed by atoms with E-state index >= 15 is 0 Å². The molecule has 0 unspecified atom stereocenters. The second kappa shape index (κ2) is 5.54. The number of carbonyl (C=O) groups excluding carboxylic acids is 1. The van der Waals surface area contributed by atoms with Crippen molar-refractivity contribution in [2.75, 3.05) is 19.8 Å². The third kappa shape index (κ3) is 3.02. The zero-order chi connectivity index (χ0) is 13.9. The molecule has 1 amide bonds. The number of phenolic OH excluding ortho intramolecular Hbond substituents is 1. The minimum absolute atomic E-state index is 0.0840. The maximum Gasteiger partial charge on any atom is 0.255 e. The van der Waals surface area contributed by atoms with Gasteiger partial charge in [-0.05, 0) is 31.0 Å². The first-order valence-electron chi connectivity index (χ1n) is 6.15. The lowest BCUT2D eigenvalue weighted by Crippen LogP contribution is -2.56. The number of hydrogen-bond donors (Lipinski definition) is 3. The van der Waals surface area contributed by atoms with E-state index in [9.17, 15) is 14.3 Å². The smallest absolute Gasteiger partial charge is 0.255 e. The molecule has 1 aliphatic heterocycles. The molecule has 0 aromatic heterocycles. The number of benzene rings is 1. The Morgan fingerprint density at radius 2 is 2.16 bits per heavy atom. The van der Waals surface area contributed by atoms with E-state index in [1.54, 1.807) is 0 Å². The Bertz CT molecular complexity index is 473. The van der Waals surface area contributed by atoms with Crippen molar-refractivity contribution in [3.63, 3.8) is 0 Å². The summed E-state index contributed by atoms with van der Waals surface area (Å²) in [7, 11) is 0. The van der Waals surface area contributed by atoms with Gasteiger partial charge in [-0.2, -0.15) is 0 Å². The molecular weight excluding hydrogens is 251 g/mol. The molecule has 1 aromatic carbocycles. The molecule has 104 valence electrons. The molecule has 1 saturated heterocycles.